The monoisotopic (exact) mass is 419 g/mol. The molecule has 3 aliphatic heterocycles. The zero-order valence-corrected chi connectivity index (χ0v) is 18.1. The van der Waals surface area contributed by atoms with Crippen molar-refractivity contribution in [3.63, 3.8) is 0 Å². The van der Waals surface area contributed by atoms with Crippen LogP contribution in [0.2, 0.25) is 0 Å². The van der Waals surface area contributed by atoms with E-state index in [-0.39, 0.29) is 29.8 Å². The van der Waals surface area contributed by atoms with Gasteiger partial charge in [-0.3, -0.25) is 4.90 Å². The average molecular weight is 420 g/mol. The SMILES string of the molecule is CC1(C)CC(Nc2nc(NC3CC[C@@H]3O[C@H]3CCOC3)ncc2F)CC2CCCN21. The summed E-state index contributed by atoms with van der Waals surface area (Å²) in [7, 11) is 0. The molecule has 3 saturated heterocycles. The highest BCUT2D eigenvalue weighted by atomic mass is 19.1. The van der Waals surface area contributed by atoms with Crippen LogP contribution in [0.25, 0.3) is 0 Å². The van der Waals surface area contributed by atoms with E-state index in [1.54, 1.807) is 0 Å². The van der Waals surface area contributed by atoms with E-state index in [4.69, 9.17) is 9.47 Å². The lowest BCUT2D eigenvalue weighted by atomic mass is 9.84. The van der Waals surface area contributed by atoms with Crippen LogP contribution < -0.4 is 10.6 Å². The molecule has 5 atom stereocenters. The van der Waals surface area contributed by atoms with E-state index in [1.807, 2.05) is 0 Å². The van der Waals surface area contributed by atoms with Crippen LogP contribution in [0.1, 0.15) is 58.8 Å². The molecule has 166 valence electrons. The Kier molecular flexibility index (Phi) is 5.58. The fourth-order valence-electron chi connectivity index (χ4n) is 5.68. The molecule has 2 N–H and O–H groups in total. The van der Waals surface area contributed by atoms with Crippen LogP contribution in [0.15, 0.2) is 6.20 Å². The molecular weight excluding hydrogens is 385 g/mol. The number of hydrogen-bond donors (Lipinski definition) is 2. The van der Waals surface area contributed by atoms with E-state index >= 15 is 0 Å². The molecule has 4 fully saturated rings. The molecule has 8 heteroatoms. The summed E-state index contributed by atoms with van der Waals surface area (Å²) in [5.74, 6) is 0.384. The van der Waals surface area contributed by atoms with Crippen molar-refractivity contribution in [2.45, 2.75) is 94.7 Å². The third-order valence-corrected chi connectivity index (χ3v) is 7.32. The van der Waals surface area contributed by atoms with Gasteiger partial charge in [0.2, 0.25) is 5.95 Å². The van der Waals surface area contributed by atoms with Gasteiger partial charge >= 0.3 is 0 Å². The lowest BCUT2D eigenvalue weighted by molar-refractivity contribution is -0.0598. The van der Waals surface area contributed by atoms with Crippen molar-refractivity contribution in [3.05, 3.63) is 12.0 Å². The maximum atomic E-state index is 14.5. The lowest BCUT2D eigenvalue weighted by Crippen LogP contribution is -2.55. The van der Waals surface area contributed by atoms with Crippen LogP contribution in [0.5, 0.6) is 0 Å². The van der Waals surface area contributed by atoms with Gasteiger partial charge in [0, 0.05) is 24.2 Å². The second kappa shape index (κ2) is 8.20. The molecule has 1 saturated carbocycles. The summed E-state index contributed by atoms with van der Waals surface area (Å²) in [6.07, 6.45) is 9.11. The van der Waals surface area contributed by atoms with E-state index in [0.29, 0.717) is 24.4 Å². The smallest absolute Gasteiger partial charge is 0.225 e. The van der Waals surface area contributed by atoms with Crippen LogP contribution in [0.4, 0.5) is 16.2 Å². The number of anilines is 2. The van der Waals surface area contributed by atoms with Gasteiger partial charge in [-0.2, -0.15) is 4.98 Å². The van der Waals surface area contributed by atoms with Crippen molar-refractivity contribution in [1.82, 2.24) is 14.9 Å². The lowest BCUT2D eigenvalue weighted by Gasteiger charge is -2.47. The molecule has 1 aliphatic carbocycles. The largest absolute Gasteiger partial charge is 0.379 e. The zero-order valence-electron chi connectivity index (χ0n) is 18.1. The molecule has 0 spiro atoms. The standard InChI is InChI=1S/C22H34FN5O2/c1-22(2)11-14(10-15-4-3-8-28(15)22)25-20-17(23)12-24-21(27-20)26-18-5-6-19(18)30-16-7-9-29-13-16/h12,14-16,18-19H,3-11,13H2,1-2H3,(H2,24,25,26,27)/t14?,15?,16-,18?,19-/m0/s1. The van der Waals surface area contributed by atoms with Gasteiger partial charge in [-0.15, -0.1) is 0 Å². The Balaban J connectivity index is 1.22. The Morgan fingerprint density at radius 2 is 2.13 bits per heavy atom. The van der Waals surface area contributed by atoms with Gasteiger partial charge in [0.25, 0.3) is 0 Å². The predicted octanol–water partition coefficient (Wildman–Crippen LogP) is 3.18. The van der Waals surface area contributed by atoms with E-state index in [9.17, 15) is 4.39 Å². The normalized spacial score (nSPS) is 35.6. The first-order valence-corrected chi connectivity index (χ1v) is 11.5. The van der Waals surface area contributed by atoms with Gasteiger partial charge in [0.05, 0.1) is 31.1 Å². The van der Waals surface area contributed by atoms with Crippen LogP contribution in [0.3, 0.4) is 0 Å². The summed E-state index contributed by atoms with van der Waals surface area (Å²) < 4.78 is 26.0. The number of nitrogens with zero attached hydrogens (tertiary/aromatic N) is 3. The van der Waals surface area contributed by atoms with Crippen LogP contribution in [0, 0.1) is 5.82 Å². The summed E-state index contributed by atoms with van der Waals surface area (Å²) in [6.45, 7) is 7.24. The first-order chi connectivity index (χ1) is 14.5. The minimum absolute atomic E-state index is 0.127. The number of aromatic nitrogens is 2. The third kappa shape index (κ3) is 4.14. The quantitative estimate of drug-likeness (QED) is 0.734. The summed E-state index contributed by atoms with van der Waals surface area (Å²) in [5, 5.41) is 6.75. The number of halogens is 1. The molecule has 30 heavy (non-hydrogen) atoms. The van der Waals surface area contributed by atoms with Crippen molar-refractivity contribution in [3.8, 4) is 0 Å². The first-order valence-electron chi connectivity index (χ1n) is 11.5. The maximum absolute atomic E-state index is 14.5. The highest BCUT2D eigenvalue weighted by Crippen LogP contribution is 2.38. The van der Waals surface area contributed by atoms with Gasteiger partial charge in [-0.1, -0.05) is 0 Å². The Hall–Kier alpha value is -1.51. The average Bonchev–Trinajstić information content (AvgIpc) is 3.37. The minimum atomic E-state index is -0.392. The van der Waals surface area contributed by atoms with Crippen molar-refractivity contribution in [1.29, 1.82) is 0 Å². The Labute approximate surface area is 178 Å². The number of nitrogens with one attached hydrogen (secondary N) is 2. The molecule has 4 heterocycles. The molecule has 0 radical (unpaired) electrons. The molecule has 0 bridgehead atoms. The van der Waals surface area contributed by atoms with Crippen LogP contribution in [-0.2, 0) is 9.47 Å². The first kappa shape index (κ1) is 20.4. The van der Waals surface area contributed by atoms with Crippen molar-refractivity contribution >= 4 is 11.8 Å². The molecule has 1 aromatic rings. The fourth-order valence-corrected chi connectivity index (χ4v) is 5.68. The highest BCUT2D eigenvalue weighted by molar-refractivity contribution is 5.43. The van der Waals surface area contributed by atoms with E-state index in [1.165, 1.54) is 25.6 Å². The van der Waals surface area contributed by atoms with Crippen molar-refractivity contribution < 1.29 is 13.9 Å². The number of piperidine rings is 1. The summed E-state index contributed by atoms with van der Waals surface area (Å²) in [5.41, 5.74) is 0.127. The summed E-state index contributed by atoms with van der Waals surface area (Å²) >= 11 is 0. The summed E-state index contributed by atoms with van der Waals surface area (Å²) in [4.78, 5) is 11.3. The Morgan fingerprint density at radius 3 is 2.90 bits per heavy atom. The molecule has 7 nitrogen and oxygen atoms in total. The second-order valence-corrected chi connectivity index (χ2v) is 9.96. The number of fused-ring (bicyclic) bond motifs is 1. The van der Waals surface area contributed by atoms with Gasteiger partial charge in [0.1, 0.15) is 0 Å². The molecule has 5 rings (SSSR count). The van der Waals surface area contributed by atoms with Crippen molar-refractivity contribution in [2.75, 3.05) is 30.4 Å². The number of rotatable bonds is 6. The molecule has 1 aromatic heterocycles. The maximum Gasteiger partial charge on any atom is 0.225 e. The predicted molar refractivity (Wildman–Crippen MR) is 113 cm³/mol. The number of ether oxygens (including phenoxy) is 2. The number of hydrogen-bond acceptors (Lipinski definition) is 7. The molecule has 4 aliphatic rings. The fraction of sp³-hybridized carbons (Fsp3) is 0.818. The van der Waals surface area contributed by atoms with Crippen molar-refractivity contribution in [2.24, 2.45) is 0 Å². The minimum Gasteiger partial charge on any atom is -0.379 e. The van der Waals surface area contributed by atoms with E-state index in [0.717, 1.165) is 38.7 Å². The Morgan fingerprint density at radius 1 is 1.23 bits per heavy atom. The van der Waals surface area contributed by atoms with Gasteiger partial charge < -0.3 is 20.1 Å². The van der Waals surface area contributed by atoms with Gasteiger partial charge in [-0.05, 0) is 65.3 Å². The Bertz CT molecular complexity index is 757. The zero-order chi connectivity index (χ0) is 20.7. The third-order valence-electron chi connectivity index (χ3n) is 7.32. The summed E-state index contributed by atoms with van der Waals surface area (Å²) in [6, 6.07) is 0.976. The van der Waals surface area contributed by atoms with Gasteiger partial charge in [-0.25, -0.2) is 9.37 Å². The van der Waals surface area contributed by atoms with E-state index < -0.39 is 5.82 Å². The molecule has 0 amide bonds. The molecule has 3 unspecified atom stereocenters. The molecular formula is C22H34FN5O2. The van der Waals surface area contributed by atoms with E-state index in [2.05, 4.69) is 39.3 Å². The van der Waals surface area contributed by atoms with Gasteiger partial charge in [0.15, 0.2) is 11.6 Å². The molecule has 0 aromatic carbocycles. The topological polar surface area (TPSA) is 71.5 Å². The highest BCUT2D eigenvalue weighted by Gasteiger charge is 2.43. The second-order valence-electron chi connectivity index (χ2n) is 9.96. The van der Waals surface area contributed by atoms with Crippen LogP contribution >= 0.6 is 0 Å². The van der Waals surface area contributed by atoms with Crippen LogP contribution in [-0.4, -0.2) is 70.5 Å².